The van der Waals surface area contributed by atoms with E-state index in [4.69, 9.17) is 16.0 Å². The van der Waals surface area contributed by atoms with Crippen LogP contribution in [-0.2, 0) is 10.0 Å². The van der Waals surface area contributed by atoms with Gasteiger partial charge in [-0.1, -0.05) is 37.6 Å². The van der Waals surface area contributed by atoms with Crippen molar-refractivity contribution in [1.29, 1.82) is 0 Å². The Balaban J connectivity index is 1.66. The van der Waals surface area contributed by atoms with Crippen molar-refractivity contribution in [2.45, 2.75) is 50.5 Å². The number of hydrogen-bond donors (Lipinski definition) is 3. The van der Waals surface area contributed by atoms with Crippen LogP contribution in [0.15, 0.2) is 45.9 Å². The number of rotatable bonds is 9. The normalized spacial score (nSPS) is 15.9. The minimum atomic E-state index is -4.01. The summed E-state index contributed by atoms with van der Waals surface area (Å²) in [5.74, 6) is 0.499. The number of nitrogens with zero attached hydrogens (tertiary/aromatic N) is 3. The van der Waals surface area contributed by atoms with E-state index >= 15 is 0 Å². The smallest absolute Gasteiger partial charge is 0.248 e. The molecule has 0 saturated carbocycles. The van der Waals surface area contributed by atoms with E-state index < -0.39 is 33.0 Å². The minimum Gasteiger partial charge on any atom is -0.546 e. The van der Waals surface area contributed by atoms with E-state index in [2.05, 4.69) is 26.0 Å². The van der Waals surface area contributed by atoms with Gasteiger partial charge < -0.3 is 24.7 Å². The Morgan fingerprint density at radius 1 is 1.28 bits per heavy atom. The molecular formula is C23H28ClN5O5S2. The first kappa shape index (κ1) is 26.4. The standard InChI is InChI=1S/C23H28ClN5O5S2/c1-13(2)15-11-18(34-12-15)19(14(3)4)26-23-22(27-35(31)28-23)25-17-8-7-16(24)21(20(17)30)36(32,33)29-9-5-6-10-29/h7-8,11-13,19,30H,3,5-6,9-10H2,1-2,4H3,(H,25,27)(H,26,28)/t19-,35?/m1/s1. The zero-order valence-electron chi connectivity index (χ0n) is 20.1. The van der Waals surface area contributed by atoms with Gasteiger partial charge in [0.15, 0.2) is 16.9 Å². The van der Waals surface area contributed by atoms with E-state index in [0.29, 0.717) is 24.4 Å². The van der Waals surface area contributed by atoms with Crippen molar-refractivity contribution in [2.75, 3.05) is 23.7 Å². The van der Waals surface area contributed by atoms with Crippen LogP contribution in [0.1, 0.15) is 56.9 Å². The summed E-state index contributed by atoms with van der Waals surface area (Å²) in [5.41, 5.74) is 1.75. The molecule has 1 saturated heterocycles. The summed E-state index contributed by atoms with van der Waals surface area (Å²) >= 11 is 4.28. The summed E-state index contributed by atoms with van der Waals surface area (Å²) in [6.07, 6.45) is 3.15. The number of phenolic OH excluding ortho intramolecular Hbond substituents is 1. The van der Waals surface area contributed by atoms with Gasteiger partial charge in [-0.05, 0) is 49.4 Å². The Bertz CT molecular complexity index is 1380. The van der Waals surface area contributed by atoms with E-state index in [1.54, 1.807) is 6.26 Å². The highest BCUT2D eigenvalue weighted by atomic mass is 35.5. The Morgan fingerprint density at radius 3 is 2.56 bits per heavy atom. The lowest BCUT2D eigenvalue weighted by Crippen LogP contribution is -2.28. The summed E-state index contributed by atoms with van der Waals surface area (Å²) in [7, 11) is -4.01. The molecule has 2 aromatic heterocycles. The van der Waals surface area contributed by atoms with Crippen molar-refractivity contribution in [3.8, 4) is 5.75 Å². The number of sulfonamides is 1. The fraction of sp³-hybridized carbons (Fsp3) is 0.391. The topological polar surface area (TPSA) is 144 Å². The summed E-state index contributed by atoms with van der Waals surface area (Å²) in [6.45, 7) is 10.6. The first-order chi connectivity index (χ1) is 17.0. The van der Waals surface area contributed by atoms with Gasteiger partial charge in [-0.2, -0.15) is 4.31 Å². The van der Waals surface area contributed by atoms with Gasteiger partial charge in [0.1, 0.15) is 16.7 Å². The van der Waals surface area contributed by atoms with Gasteiger partial charge in [0.2, 0.25) is 21.7 Å². The van der Waals surface area contributed by atoms with Crippen LogP contribution < -0.4 is 10.6 Å². The SMILES string of the molecule is C=C(C)[C@@H](Nc1n[s+]([O-])nc1Nc1ccc(Cl)c(S(=O)(=O)N2CCCC2)c1O)c1cc(C(C)C)co1. The second-order valence-corrected chi connectivity index (χ2v) is 12.1. The molecule has 1 aliphatic heterocycles. The Morgan fingerprint density at radius 2 is 1.94 bits per heavy atom. The van der Waals surface area contributed by atoms with Crippen LogP contribution >= 0.6 is 22.7 Å². The van der Waals surface area contributed by atoms with E-state index in [0.717, 1.165) is 18.4 Å². The number of hydrogen-bond acceptors (Lipinski definition) is 9. The molecular weight excluding hydrogens is 526 g/mol. The zero-order chi connectivity index (χ0) is 26.2. The molecule has 3 heterocycles. The largest absolute Gasteiger partial charge is 0.546 e. The van der Waals surface area contributed by atoms with Gasteiger partial charge in [-0.3, -0.25) is 0 Å². The van der Waals surface area contributed by atoms with Crippen LogP contribution in [0, 0.1) is 0 Å². The number of anilines is 3. The second kappa shape index (κ2) is 10.4. The molecule has 0 spiro atoms. The molecule has 1 aromatic carbocycles. The third kappa shape index (κ3) is 5.23. The number of benzene rings is 1. The monoisotopic (exact) mass is 553 g/mol. The van der Waals surface area contributed by atoms with Crippen molar-refractivity contribution in [3.63, 3.8) is 0 Å². The molecule has 3 N–H and O–H groups in total. The van der Waals surface area contributed by atoms with E-state index in [1.807, 2.05) is 26.8 Å². The zero-order valence-corrected chi connectivity index (χ0v) is 22.5. The lowest BCUT2D eigenvalue weighted by molar-refractivity contribution is 0.445. The molecule has 2 atom stereocenters. The van der Waals surface area contributed by atoms with Crippen LogP contribution in [0.2, 0.25) is 5.02 Å². The van der Waals surface area contributed by atoms with E-state index in [-0.39, 0.29) is 33.2 Å². The average Bonchev–Trinajstić information content (AvgIpc) is 3.55. The van der Waals surface area contributed by atoms with Gasteiger partial charge >= 0.3 is 0 Å². The quantitative estimate of drug-likeness (QED) is 0.177. The van der Waals surface area contributed by atoms with Crippen molar-refractivity contribution < 1.29 is 22.5 Å². The first-order valence-electron chi connectivity index (χ1n) is 11.4. The first-order valence-corrected chi connectivity index (χ1v) is 14.3. The summed E-state index contributed by atoms with van der Waals surface area (Å²) in [6, 6.07) is 4.20. The van der Waals surface area contributed by atoms with Crippen LogP contribution in [-0.4, -0.2) is 44.2 Å². The highest BCUT2D eigenvalue weighted by molar-refractivity contribution is 7.89. The fourth-order valence-corrected chi connectivity index (χ4v) is 6.65. The molecule has 0 aliphatic carbocycles. The molecule has 0 bridgehead atoms. The van der Waals surface area contributed by atoms with Crippen molar-refractivity contribution in [3.05, 3.63) is 53.0 Å². The molecule has 0 radical (unpaired) electrons. The molecule has 194 valence electrons. The molecule has 4 rings (SSSR count). The third-order valence-corrected chi connectivity index (χ3v) is 9.01. The van der Waals surface area contributed by atoms with E-state index in [1.165, 1.54) is 16.4 Å². The third-order valence-electron chi connectivity index (χ3n) is 5.93. The van der Waals surface area contributed by atoms with Gasteiger partial charge in [0.05, 0.1) is 17.0 Å². The van der Waals surface area contributed by atoms with Crippen LogP contribution in [0.3, 0.4) is 0 Å². The molecule has 1 aliphatic rings. The van der Waals surface area contributed by atoms with Crippen molar-refractivity contribution >= 4 is 50.1 Å². The van der Waals surface area contributed by atoms with Crippen LogP contribution in [0.5, 0.6) is 5.75 Å². The van der Waals surface area contributed by atoms with Crippen molar-refractivity contribution in [2.24, 2.45) is 0 Å². The number of aromatic nitrogens is 2. The van der Waals surface area contributed by atoms with Gasteiger partial charge in [-0.25, -0.2) is 8.42 Å². The number of aromatic hydroxyl groups is 1. The van der Waals surface area contributed by atoms with Crippen LogP contribution in [0.4, 0.5) is 17.3 Å². The maximum absolute atomic E-state index is 13.1. The van der Waals surface area contributed by atoms with Gasteiger partial charge in [-0.15, -0.1) is 0 Å². The Labute approximate surface area is 218 Å². The lowest BCUT2D eigenvalue weighted by atomic mass is 10.0. The maximum atomic E-state index is 13.1. The summed E-state index contributed by atoms with van der Waals surface area (Å²) in [4.78, 5) is -0.390. The predicted molar refractivity (Wildman–Crippen MR) is 139 cm³/mol. The fourth-order valence-electron chi connectivity index (χ4n) is 3.91. The lowest BCUT2D eigenvalue weighted by Gasteiger charge is -2.19. The number of halogens is 1. The second-order valence-electron chi connectivity index (χ2n) is 8.98. The van der Waals surface area contributed by atoms with Crippen molar-refractivity contribution in [1.82, 2.24) is 13.1 Å². The average molecular weight is 554 g/mol. The van der Waals surface area contributed by atoms with Crippen LogP contribution in [0.25, 0.3) is 0 Å². The molecule has 1 unspecified atom stereocenters. The summed E-state index contributed by atoms with van der Waals surface area (Å²) in [5, 5.41) is 16.8. The van der Waals surface area contributed by atoms with Gasteiger partial charge in [0.25, 0.3) is 0 Å². The molecule has 3 aromatic rings. The Kier molecular flexibility index (Phi) is 7.62. The molecule has 13 heteroatoms. The number of phenols is 1. The van der Waals surface area contributed by atoms with Gasteiger partial charge in [0, 0.05) is 21.8 Å². The molecule has 1 fully saturated rings. The molecule has 36 heavy (non-hydrogen) atoms. The highest BCUT2D eigenvalue weighted by Crippen LogP contribution is 2.41. The Hall–Kier alpha value is -2.64. The molecule has 0 amide bonds. The number of nitrogens with one attached hydrogen (secondary N) is 2. The highest BCUT2D eigenvalue weighted by Gasteiger charge is 2.33. The summed E-state index contributed by atoms with van der Waals surface area (Å²) < 4.78 is 53.5. The maximum Gasteiger partial charge on any atom is 0.248 e. The predicted octanol–water partition coefficient (Wildman–Crippen LogP) is 5.54. The molecule has 10 nitrogen and oxygen atoms in total. The van der Waals surface area contributed by atoms with E-state index in [9.17, 15) is 18.1 Å². The number of furan rings is 1. The minimum absolute atomic E-state index is 0.0243.